The average molecular weight is 403 g/mol. The Labute approximate surface area is 180 Å². The molecule has 3 nitrogen and oxygen atoms in total. The van der Waals surface area contributed by atoms with Gasteiger partial charge in [-0.25, -0.2) is 9.78 Å². The highest BCUT2D eigenvalue weighted by atomic mass is 16.4. The summed E-state index contributed by atoms with van der Waals surface area (Å²) in [6.45, 7) is 0. The number of aryl methyl sites for hydroxylation is 1. The van der Waals surface area contributed by atoms with Crippen molar-refractivity contribution in [3.63, 3.8) is 0 Å². The van der Waals surface area contributed by atoms with Crippen LogP contribution in [0.25, 0.3) is 32.3 Å². The highest BCUT2D eigenvalue weighted by molar-refractivity contribution is 6.09. The molecule has 1 unspecified atom stereocenters. The maximum atomic E-state index is 11.9. The van der Waals surface area contributed by atoms with Crippen molar-refractivity contribution in [1.29, 1.82) is 0 Å². The molecule has 0 saturated carbocycles. The molecule has 0 saturated heterocycles. The second-order valence-electron chi connectivity index (χ2n) is 8.38. The van der Waals surface area contributed by atoms with Crippen LogP contribution in [-0.4, -0.2) is 16.1 Å². The lowest BCUT2D eigenvalue weighted by atomic mass is 9.78. The summed E-state index contributed by atoms with van der Waals surface area (Å²) in [4.78, 5) is 16.6. The largest absolute Gasteiger partial charge is 0.476 e. The number of fused-ring (bicyclic) bond motifs is 6. The fourth-order valence-corrected chi connectivity index (χ4v) is 5.28. The third-order valence-corrected chi connectivity index (χ3v) is 6.69. The van der Waals surface area contributed by atoms with Crippen LogP contribution in [0.1, 0.15) is 46.1 Å². The number of hydrogen-bond donors (Lipinski definition) is 1. The quantitative estimate of drug-likeness (QED) is 0.333. The van der Waals surface area contributed by atoms with Gasteiger partial charge in [0.25, 0.3) is 0 Å². The number of rotatable bonds is 2. The van der Waals surface area contributed by atoms with E-state index in [1.54, 1.807) is 0 Å². The lowest BCUT2D eigenvalue weighted by molar-refractivity contribution is 0.0692. The summed E-state index contributed by atoms with van der Waals surface area (Å²) in [5, 5.41) is 16.5. The van der Waals surface area contributed by atoms with Crippen molar-refractivity contribution in [3.05, 3.63) is 101 Å². The van der Waals surface area contributed by atoms with Crippen molar-refractivity contribution >= 4 is 38.3 Å². The Morgan fingerprint density at radius 3 is 2.39 bits per heavy atom. The minimum absolute atomic E-state index is 0.113. The first kappa shape index (κ1) is 18.1. The van der Waals surface area contributed by atoms with E-state index in [9.17, 15) is 9.90 Å². The topological polar surface area (TPSA) is 50.2 Å². The molecular weight excluding hydrogens is 382 g/mol. The van der Waals surface area contributed by atoms with Gasteiger partial charge in [0.2, 0.25) is 0 Å². The Morgan fingerprint density at radius 2 is 1.55 bits per heavy atom. The van der Waals surface area contributed by atoms with Crippen molar-refractivity contribution in [2.45, 2.75) is 25.2 Å². The van der Waals surface area contributed by atoms with Crippen molar-refractivity contribution in [2.24, 2.45) is 0 Å². The van der Waals surface area contributed by atoms with Crippen LogP contribution < -0.4 is 0 Å². The molecule has 0 fully saturated rings. The standard InChI is InChI=1S/C28H21NO2/c30-28(31)27-20-9-4-2-7-18(20)16-26(29-27)25-11-5-10-21-23-13-12-17-6-1-3-8-19(17)22(23)14-15-24(21)25/h1-4,6-9,12-16,25H,5,10-11H2,(H,30,31). The van der Waals surface area contributed by atoms with Crippen LogP contribution in [0.15, 0.2) is 78.9 Å². The van der Waals surface area contributed by atoms with Crippen LogP contribution >= 0.6 is 0 Å². The van der Waals surface area contributed by atoms with Crippen molar-refractivity contribution < 1.29 is 9.90 Å². The van der Waals surface area contributed by atoms with Gasteiger partial charge in [0.1, 0.15) is 0 Å². The van der Waals surface area contributed by atoms with Gasteiger partial charge in [0.15, 0.2) is 5.69 Å². The summed E-state index contributed by atoms with van der Waals surface area (Å²) < 4.78 is 0. The maximum absolute atomic E-state index is 11.9. The number of hydrogen-bond acceptors (Lipinski definition) is 2. The zero-order valence-corrected chi connectivity index (χ0v) is 17.0. The van der Waals surface area contributed by atoms with E-state index in [1.165, 1.54) is 32.7 Å². The summed E-state index contributed by atoms with van der Waals surface area (Å²) in [7, 11) is 0. The van der Waals surface area contributed by atoms with Crippen molar-refractivity contribution in [3.8, 4) is 0 Å². The smallest absolute Gasteiger partial charge is 0.355 e. The van der Waals surface area contributed by atoms with Gasteiger partial charge in [-0.2, -0.15) is 0 Å². The fourth-order valence-electron chi connectivity index (χ4n) is 5.28. The molecule has 1 atom stereocenters. The summed E-state index contributed by atoms with van der Waals surface area (Å²) in [6, 6.07) is 27.1. The average Bonchev–Trinajstić information content (AvgIpc) is 2.82. The molecule has 6 rings (SSSR count). The highest BCUT2D eigenvalue weighted by Crippen LogP contribution is 2.41. The SMILES string of the molecule is O=C(O)c1nc(C2CCCc3c2ccc2c3ccc3ccccc32)cc2ccccc12. The second kappa shape index (κ2) is 6.92. The van der Waals surface area contributed by atoms with Crippen LogP contribution in [0.5, 0.6) is 0 Å². The van der Waals surface area contributed by atoms with Crippen LogP contribution in [0, 0.1) is 0 Å². The second-order valence-corrected chi connectivity index (χ2v) is 8.38. The molecule has 1 aromatic heterocycles. The van der Waals surface area contributed by atoms with E-state index < -0.39 is 5.97 Å². The third kappa shape index (κ3) is 2.81. The molecule has 5 aromatic rings. The van der Waals surface area contributed by atoms with Crippen LogP contribution in [0.3, 0.4) is 0 Å². The Morgan fingerprint density at radius 1 is 0.806 bits per heavy atom. The summed E-state index contributed by atoms with van der Waals surface area (Å²) in [5.41, 5.74) is 3.67. The van der Waals surface area contributed by atoms with Gasteiger partial charge < -0.3 is 5.11 Å². The summed E-state index contributed by atoms with van der Waals surface area (Å²) in [5.74, 6) is -0.860. The third-order valence-electron chi connectivity index (χ3n) is 6.69. The molecule has 0 aliphatic heterocycles. The number of aromatic carboxylic acids is 1. The number of carbonyl (C=O) groups is 1. The van der Waals surface area contributed by atoms with Crippen LogP contribution in [-0.2, 0) is 6.42 Å². The van der Waals surface area contributed by atoms with Crippen LogP contribution in [0.2, 0.25) is 0 Å². The highest BCUT2D eigenvalue weighted by Gasteiger charge is 2.26. The molecule has 0 amide bonds. The molecule has 0 bridgehead atoms. The maximum Gasteiger partial charge on any atom is 0.355 e. The first-order chi connectivity index (χ1) is 15.2. The Kier molecular flexibility index (Phi) is 4.03. The van der Waals surface area contributed by atoms with Gasteiger partial charge in [-0.1, -0.05) is 72.8 Å². The van der Waals surface area contributed by atoms with E-state index >= 15 is 0 Å². The minimum atomic E-state index is -0.973. The fraction of sp³-hybridized carbons (Fsp3) is 0.143. The molecule has 31 heavy (non-hydrogen) atoms. The summed E-state index contributed by atoms with van der Waals surface area (Å²) >= 11 is 0. The molecule has 1 aliphatic carbocycles. The van der Waals surface area contributed by atoms with Gasteiger partial charge in [-0.3, -0.25) is 0 Å². The van der Waals surface area contributed by atoms with Gasteiger partial charge in [0.05, 0.1) is 0 Å². The number of pyridine rings is 1. The van der Waals surface area contributed by atoms with Crippen molar-refractivity contribution in [1.82, 2.24) is 4.98 Å². The normalized spacial score (nSPS) is 15.9. The van der Waals surface area contributed by atoms with E-state index in [0.29, 0.717) is 5.39 Å². The zero-order chi connectivity index (χ0) is 20.9. The monoisotopic (exact) mass is 403 g/mol. The van der Waals surface area contributed by atoms with Gasteiger partial charge in [-0.05, 0) is 63.4 Å². The first-order valence-corrected chi connectivity index (χ1v) is 10.8. The first-order valence-electron chi connectivity index (χ1n) is 10.8. The molecule has 1 N–H and O–H groups in total. The van der Waals surface area contributed by atoms with E-state index in [1.807, 2.05) is 24.3 Å². The molecule has 3 heteroatoms. The minimum Gasteiger partial charge on any atom is -0.476 e. The Balaban J connectivity index is 1.58. The lowest BCUT2D eigenvalue weighted by Gasteiger charge is -2.27. The molecule has 0 spiro atoms. The molecule has 1 heterocycles. The van der Waals surface area contributed by atoms with Gasteiger partial charge >= 0.3 is 5.97 Å². The van der Waals surface area contributed by atoms with E-state index in [4.69, 9.17) is 0 Å². The molecular formula is C28H21NO2. The van der Waals surface area contributed by atoms with Crippen LogP contribution in [0.4, 0.5) is 0 Å². The molecule has 1 aliphatic rings. The zero-order valence-electron chi connectivity index (χ0n) is 17.0. The number of nitrogens with zero attached hydrogens (tertiary/aromatic N) is 1. The lowest BCUT2D eigenvalue weighted by Crippen LogP contribution is -2.14. The molecule has 0 radical (unpaired) electrons. The summed E-state index contributed by atoms with van der Waals surface area (Å²) in [6.07, 6.45) is 3.10. The Hall–Kier alpha value is -3.72. The van der Waals surface area contributed by atoms with E-state index in [-0.39, 0.29) is 11.6 Å². The molecule has 150 valence electrons. The Bertz CT molecular complexity index is 1500. The predicted octanol–water partition coefficient (Wildman–Crippen LogP) is 6.71. The number of aromatic nitrogens is 1. The number of benzene rings is 4. The van der Waals surface area contributed by atoms with E-state index in [0.717, 1.165) is 30.3 Å². The number of carboxylic acids is 1. The van der Waals surface area contributed by atoms with Gasteiger partial charge in [0, 0.05) is 17.0 Å². The van der Waals surface area contributed by atoms with Crippen molar-refractivity contribution in [2.75, 3.05) is 0 Å². The van der Waals surface area contributed by atoms with Gasteiger partial charge in [-0.15, -0.1) is 0 Å². The van der Waals surface area contributed by atoms with E-state index in [2.05, 4.69) is 59.6 Å². The predicted molar refractivity (Wildman–Crippen MR) is 125 cm³/mol. The number of carboxylic acid groups (broad SMARTS) is 1. The molecule has 4 aromatic carbocycles.